The van der Waals surface area contributed by atoms with Crippen LogP contribution in [-0.2, 0) is 9.53 Å². The standard InChI is InChI=1S/C14H29NO2/c1-4-7-9-10-12(6-3)13(15)14(16)17-11-8-5-2/h12-13H,4-11,15H2,1-3H3. The first-order valence-corrected chi connectivity index (χ1v) is 7.09. The van der Waals surface area contributed by atoms with E-state index in [1.165, 1.54) is 12.8 Å². The molecule has 3 heteroatoms. The summed E-state index contributed by atoms with van der Waals surface area (Å²) in [6, 6.07) is -0.436. The van der Waals surface area contributed by atoms with Crippen LogP contribution in [-0.4, -0.2) is 18.6 Å². The largest absolute Gasteiger partial charge is 0.465 e. The molecule has 17 heavy (non-hydrogen) atoms. The zero-order valence-electron chi connectivity index (χ0n) is 11.7. The fourth-order valence-electron chi connectivity index (χ4n) is 1.90. The fourth-order valence-corrected chi connectivity index (χ4v) is 1.90. The molecule has 0 aliphatic carbocycles. The average Bonchev–Trinajstić information content (AvgIpc) is 2.34. The van der Waals surface area contributed by atoms with E-state index in [1.807, 2.05) is 0 Å². The molecular weight excluding hydrogens is 214 g/mol. The van der Waals surface area contributed by atoms with Gasteiger partial charge in [0.1, 0.15) is 6.04 Å². The monoisotopic (exact) mass is 243 g/mol. The summed E-state index contributed by atoms with van der Waals surface area (Å²) in [6.07, 6.45) is 7.52. The second-order valence-corrected chi connectivity index (χ2v) is 4.71. The third-order valence-electron chi connectivity index (χ3n) is 3.23. The summed E-state index contributed by atoms with van der Waals surface area (Å²) in [6.45, 7) is 6.86. The smallest absolute Gasteiger partial charge is 0.323 e. The molecule has 0 aromatic heterocycles. The third kappa shape index (κ3) is 7.37. The summed E-state index contributed by atoms with van der Waals surface area (Å²) >= 11 is 0. The van der Waals surface area contributed by atoms with Crippen LogP contribution in [0.25, 0.3) is 0 Å². The van der Waals surface area contributed by atoms with Crippen LogP contribution >= 0.6 is 0 Å². The van der Waals surface area contributed by atoms with Crippen LogP contribution in [0, 0.1) is 5.92 Å². The summed E-state index contributed by atoms with van der Waals surface area (Å²) in [7, 11) is 0. The third-order valence-corrected chi connectivity index (χ3v) is 3.23. The number of hydrogen-bond donors (Lipinski definition) is 1. The van der Waals surface area contributed by atoms with Crippen LogP contribution in [0.15, 0.2) is 0 Å². The van der Waals surface area contributed by atoms with Gasteiger partial charge in [0, 0.05) is 0 Å². The molecule has 2 unspecified atom stereocenters. The summed E-state index contributed by atoms with van der Waals surface area (Å²) in [5, 5.41) is 0. The quantitative estimate of drug-likeness (QED) is 0.473. The number of carbonyl (C=O) groups is 1. The van der Waals surface area contributed by atoms with E-state index in [0.29, 0.717) is 6.61 Å². The van der Waals surface area contributed by atoms with Gasteiger partial charge in [-0.05, 0) is 18.8 Å². The first-order chi connectivity index (χ1) is 8.17. The van der Waals surface area contributed by atoms with Crippen LogP contribution in [0.3, 0.4) is 0 Å². The van der Waals surface area contributed by atoms with Crippen molar-refractivity contribution in [2.24, 2.45) is 11.7 Å². The molecule has 0 aromatic rings. The predicted octanol–water partition coefficient (Wildman–Crippen LogP) is 3.26. The van der Waals surface area contributed by atoms with E-state index in [0.717, 1.165) is 32.1 Å². The Hall–Kier alpha value is -0.570. The molecule has 3 nitrogen and oxygen atoms in total. The molecule has 0 fully saturated rings. The predicted molar refractivity (Wildman–Crippen MR) is 71.8 cm³/mol. The SMILES string of the molecule is CCCCCC(CC)C(N)C(=O)OCCCC. The Morgan fingerprint density at radius 3 is 2.29 bits per heavy atom. The van der Waals surface area contributed by atoms with E-state index in [-0.39, 0.29) is 11.9 Å². The maximum absolute atomic E-state index is 11.7. The van der Waals surface area contributed by atoms with Crippen LogP contribution in [0.2, 0.25) is 0 Å². The number of carbonyl (C=O) groups excluding carboxylic acids is 1. The minimum atomic E-state index is -0.436. The van der Waals surface area contributed by atoms with Crippen molar-refractivity contribution in [3.8, 4) is 0 Å². The van der Waals surface area contributed by atoms with Gasteiger partial charge in [-0.25, -0.2) is 0 Å². The maximum atomic E-state index is 11.7. The van der Waals surface area contributed by atoms with Crippen LogP contribution < -0.4 is 5.73 Å². The van der Waals surface area contributed by atoms with Gasteiger partial charge in [-0.2, -0.15) is 0 Å². The number of esters is 1. The average molecular weight is 243 g/mol. The van der Waals surface area contributed by atoms with E-state index in [2.05, 4.69) is 20.8 Å². The molecule has 2 atom stereocenters. The summed E-state index contributed by atoms with van der Waals surface area (Å²) in [5.41, 5.74) is 5.96. The Morgan fingerprint density at radius 2 is 1.76 bits per heavy atom. The Balaban J connectivity index is 3.95. The molecule has 0 amide bonds. The highest BCUT2D eigenvalue weighted by molar-refractivity contribution is 5.75. The Kier molecular flexibility index (Phi) is 10.2. The van der Waals surface area contributed by atoms with Crippen LogP contribution in [0.5, 0.6) is 0 Å². The van der Waals surface area contributed by atoms with Crippen molar-refractivity contribution in [2.75, 3.05) is 6.61 Å². The van der Waals surface area contributed by atoms with Gasteiger partial charge in [0.05, 0.1) is 6.61 Å². The lowest BCUT2D eigenvalue weighted by molar-refractivity contribution is -0.146. The van der Waals surface area contributed by atoms with Gasteiger partial charge in [-0.15, -0.1) is 0 Å². The Labute approximate surface area is 106 Å². The molecule has 102 valence electrons. The Morgan fingerprint density at radius 1 is 1.12 bits per heavy atom. The highest BCUT2D eigenvalue weighted by Gasteiger charge is 2.23. The van der Waals surface area contributed by atoms with Crippen molar-refractivity contribution in [2.45, 2.75) is 71.8 Å². The molecule has 0 spiro atoms. The molecule has 0 aliphatic rings. The van der Waals surface area contributed by atoms with Gasteiger partial charge in [0.15, 0.2) is 0 Å². The molecule has 0 bridgehead atoms. The lowest BCUT2D eigenvalue weighted by atomic mass is 9.91. The van der Waals surface area contributed by atoms with E-state index in [1.54, 1.807) is 0 Å². The molecule has 2 N–H and O–H groups in total. The molecule has 0 aromatic carbocycles. The zero-order chi connectivity index (χ0) is 13.1. The van der Waals surface area contributed by atoms with Crippen molar-refractivity contribution >= 4 is 5.97 Å². The number of ether oxygens (including phenoxy) is 1. The van der Waals surface area contributed by atoms with Crippen LogP contribution in [0.1, 0.15) is 65.7 Å². The summed E-state index contributed by atoms with van der Waals surface area (Å²) < 4.78 is 5.17. The molecule has 0 heterocycles. The van der Waals surface area contributed by atoms with Gasteiger partial charge in [0.25, 0.3) is 0 Å². The van der Waals surface area contributed by atoms with Crippen molar-refractivity contribution in [1.29, 1.82) is 0 Å². The first kappa shape index (κ1) is 16.4. The number of rotatable bonds is 10. The van der Waals surface area contributed by atoms with Gasteiger partial charge in [-0.3, -0.25) is 4.79 Å². The Bertz CT molecular complexity index is 195. The lowest BCUT2D eigenvalue weighted by Crippen LogP contribution is -2.39. The topological polar surface area (TPSA) is 52.3 Å². The highest BCUT2D eigenvalue weighted by atomic mass is 16.5. The van der Waals surface area contributed by atoms with Gasteiger partial charge < -0.3 is 10.5 Å². The molecular formula is C14H29NO2. The number of hydrogen-bond acceptors (Lipinski definition) is 3. The van der Waals surface area contributed by atoms with Crippen molar-refractivity contribution < 1.29 is 9.53 Å². The lowest BCUT2D eigenvalue weighted by Gasteiger charge is -2.21. The van der Waals surface area contributed by atoms with Gasteiger partial charge in [-0.1, -0.05) is 52.9 Å². The normalized spacial score (nSPS) is 14.4. The molecule has 0 saturated heterocycles. The van der Waals surface area contributed by atoms with Crippen molar-refractivity contribution in [1.82, 2.24) is 0 Å². The molecule has 0 aliphatic heterocycles. The van der Waals surface area contributed by atoms with E-state index in [4.69, 9.17) is 10.5 Å². The fraction of sp³-hybridized carbons (Fsp3) is 0.929. The molecule has 0 rings (SSSR count). The summed E-state index contributed by atoms with van der Waals surface area (Å²) in [5.74, 6) is 0.0532. The van der Waals surface area contributed by atoms with E-state index in [9.17, 15) is 4.79 Å². The van der Waals surface area contributed by atoms with Gasteiger partial charge >= 0.3 is 5.97 Å². The minimum absolute atomic E-state index is 0.221. The van der Waals surface area contributed by atoms with Gasteiger partial charge in [0.2, 0.25) is 0 Å². The zero-order valence-corrected chi connectivity index (χ0v) is 11.7. The number of nitrogens with two attached hydrogens (primary N) is 1. The second-order valence-electron chi connectivity index (χ2n) is 4.71. The van der Waals surface area contributed by atoms with Crippen LogP contribution in [0.4, 0.5) is 0 Å². The molecule has 0 radical (unpaired) electrons. The van der Waals surface area contributed by atoms with E-state index >= 15 is 0 Å². The maximum Gasteiger partial charge on any atom is 0.323 e. The minimum Gasteiger partial charge on any atom is -0.465 e. The second kappa shape index (κ2) is 10.6. The summed E-state index contributed by atoms with van der Waals surface area (Å²) in [4.78, 5) is 11.7. The van der Waals surface area contributed by atoms with E-state index < -0.39 is 6.04 Å². The number of unbranched alkanes of at least 4 members (excludes halogenated alkanes) is 3. The first-order valence-electron chi connectivity index (χ1n) is 7.09. The van der Waals surface area contributed by atoms with Crippen molar-refractivity contribution in [3.05, 3.63) is 0 Å². The molecule has 0 saturated carbocycles. The van der Waals surface area contributed by atoms with Crippen molar-refractivity contribution in [3.63, 3.8) is 0 Å². The highest BCUT2D eigenvalue weighted by Crippen LogP contribution is 2.17.